The number of rotatable bonds is 2. The molecule has 1 amide bonds. The highest BCUT2D eigenvalue weighted by Gasteiger charge is 2.29. The van der Waals surface area contributed by atoms with Crippen molar-refractivity contribution < 1.29 is 4.79 Å². The molecule has 0 saturated heterocycles. The molecule has 0 aliphatic heterocycles. The number of benzene rings is 1. The highest BCUT2D eigenvalue weighted by atomic mass is 127. The molecule has 1 aliphatic carbocycles. The molecule has 1 aromatic carbocycles. The van der Waals surface area contributed by atoms with Gasteiger partial charge in [-0.25, -0.2) is 0 Å². The Morgan fingerprint density at radius 3 is 2.79 bits per heavy atom. The first-order valence-corrected chi connectivity index (χ1v) is 5.88. The van der Waals surface area contributed by atoms with Crippen LogP contribution in [0.1, 0.15) is 12.8 Å². The topological polar surface area (TPSA) is 29.1 Å². The van der Waals surface area contributed by atoms with Crippen LogP contribution in [-0.2, 0) is 4.79 Å². The van der Waals surface area contributed by atoms with E-state index in [9.17, 15) is 4.79 Å². The highest BCUT2D eigenvalue weighted by molar-refractivity contribution is 14.1. The monoisotopic (exact) mass is 321 g/mol. The molecule has 1 aliphatic rings. The van der Waals surface area contributed by atoms with Gasteiger partial charge in [0.2, 0.25) is 5.91 Å². The highest BCUT2D eigenvalue weighted by Crippen LogP contribution is 2.31. The lowest BCUT2D eigenvalue weighted by molar-refractivity contribution is -0.117. The van der Waals surface area contributed by atoms with Gasteiger partial charge in [-0.05, 0) is 53.6 Å². The summed E-state index contributed by atoms with van der Waals surface area (Å²) < 4.78 is 0.976. The number of nitrogens with one attached hydrogen (secondary N) is 1. The first-order valence-electron chi connectivity index (χ1n) is 4.43. The van der Waals surface area contributed by atoms with Crippen LogP contribution in [0.5, 0.6) is 0 Å². The molecule has 1 fully saturated rings. The fourth-order valence-corrected chi connectivity index (χ4v) is 2.18. The second-order valence-corrected chi connectivity index (χ2v) is 4.99. The van der Waals surface area contributed by atoms with E-state index in [0.717, 1.165) is 22.1 Å². The zero-order valence-corrected chi connectivity index (χ0v) is 10.3. The SMILES string of the molecule is O=C(Nc1ccc(Cl)cc1I)C1CC1. The normalized spacial score (nSPS) is 15.3. The Hall–Kier alpha value is -0.290. The molecule has 14 heavy (non-hydrogen) atoms. The van der Waals surface area contributed by atoms with Gasteiger partial charge in [0, 0.05) is 14.5 Å². The lowest BCUT2D eigenvalue weighted by atomic mass is 10.3. The first kappa shape index (κ1) is 10.2. The van der Waals surface area contributed by atoms with Gasteiger partial charge in [-0.3, -0.25) is 4.79 Å². The van der Waals surface area contributed by atoms with E-state index in [-0.39, 0.29) is 11.8 Å². The zero-order chi connectivity index (χ0) is 10.1. The van der Waals surface area contributed by atoms with E-state index in [4.69, 9.17) is 11.6 Å². The fraction of sp³-hybridized carbons (Fsp3) is 0.300. The summed E-state index contributed by atoms with van der Waals surface area (Å²) in [5.74, 6) is 0.367. The van der Waals surface area contributed by atoms with Crippen LogP contribution in [0.3, 0.4) is 0 Å². The summed E-state index contributed by atoms with van der Waals surface area (Å²) in [4.78, 5) is 11.5. The minimum atomic E-state index is 0.130. The minimum Gasteiger partial charge on any atom is -0.325 e. The largest absolute Gasteiger partial charge is 0.325 e. The molecule has 0 bridgehead atoms. The molecule has 0 aromatic heterocycles. The van der Waals surface area contributed by atoms with Gasteiger partial charge in [0.25, 0.3) is 0 Å². The molecule has 2 nitrogen and oxygen atoms in total. The zero-order valence-electron chi connectivity index (χ0n) is 7.39. The van der Waals surface area contributed by atoms with Crippen molar-refractivity contribution in [1.29, 1.82) is 0 Å². The maximum Gasteiger partial charge on any atom is 0.227 e. The molecular weight excluding hydrogens is 312 g/mol. The van der Waals surface area contributed by atoms with Crippen molar-refractivity contribution in [2.24, 2.45) is 5.92 Å². The summed E-state index contributed by atoms with van der Waals surface area (Å²) in [6, 6.07) is 5.46. The van der Waals surface area contributed by atoms with Crippen molar-refractivity contribution in [3.63, 3.8) is 0 Å². The van der Waals surface area contributed by atoms with Gasteiger partial charge < -0.3 is 5.32 Å². The Morgan fingerprint density at radius 2 is 2.21 bits per heavy atom. The molecule has 0 atom stereocenters. The van der Waals surface area contributed by atoms with Gasteiger partial charge in [0.1, 0.15) is 0 Å². The quantitative estimate of drug-likeness (QED) is 0.832. The van der Waals surface area contributed by atoms with Crippen molar-refractivity contribution in [1.82, 2.24) is 0 Å². The third-order valence-corrected chi connectivity index (χ3v) is 3.26. The molecule has 74 valence electrons. The van der Waals surface area contributed by atoms with Crippen LogP contribution >= 0.6 is 34.2 Å². The van der Waals surface area contributed by atoms with Crippen molar-refractivity contribution in [3.05, 3.63) is 26.8 Å². The predicted octanol–water partition coefficient (Wildman–Crippen LogP) is 3.29. The summed E-state index contributed by atoms with van der Waals surface area (Å²) in [6.07, 6.45) is 2.05. The second kappa shape index (κ2) is 4.06. The van der Waals surface area contributed by atoms with Gasteiger partial charge in [-0.1, -0.05) is 11.6 Å². The number of hydrogen-bond acceptors (Lipinski definition) is 1. The average Bonchev–Trinajstić information content (AvgIpc) is 2.92. The molecule has 4 heteroatoms. The smallest absolute Gasteiger partial charge is 0.227 e. The molecule has 0 heterocycles. The van der Waals surface area contributed by atoms with E-state index in [1.54, 1.807) is 6.07 Å². The Kier molecular flexibility index (Phi) is 2.97. The summed E-state index contributed by atoms with van der Waals surface area (Å²) >= 11 is 7.97. The third-order valence-electron chi connectivity index (χ3n) is 2.14. The Bertz CT molecular complexity index is 376. The summed E-state index contributed by atoms with van der Waals surface area (Å²) in [5.41, 5.74) is 0.854. The number of carbonyl (C=O) groups is 1. The molecule has 0 spiro atoms. The van der Waals surface area contributed by atoms with E-state index in [1.165, 1.54) is 0 Å². The lowest BCUT2D eigenvalue weighted by Gasteiger charge is -2.06. The number of hydrogen-bond donors (Lipinski definition) is 1. The molecule has 1 N–H and O–H groups in total. The van der Waals surface area contributed by atoms with Gasteiger partial charge in [-0.2, -0.15) is 0 Å². The number of anilines is 1. The molecule has 2 rings (SSSR count). The van der Waals surface area contributed by atoms with E-state index in [2.05, 4.69) is 27.9 Å². The van der Waals surface area contributed by atoms with Crippen LogP contribution < -0.4 is 5.32 Å². The van der Waals surface area contributed by atoms with Crippen LogP contribution in [0.2, 0.25) is 5.02 Å². The van der Waals surface area contributed by atoms with E-state index in [0.29, 0.717) is 5.02 Å². The van der Waals surface area contributed by atoms with Crippen molar-refractivity contribution in [2.75, 3.05) is 5.32 Å². The van der Waals surface area contributed by atoms with E-state index < -0.39 is 0 Å². The third kappa shape index (κ3) is 2.39. The van der Waals surface area contributed by atoms with Crippen LogP contribution in [0.4, 0.5) is 5.69 Å². The standard InChI is InChI=1S/C10H9ClINO/c11-7-3-4-9(8(12)5-7)13-10(14)6-1-2-6/h3-6H,1-2H2,(H,13,14). The van der Waals surface area contributed by atoms with Crippen LogP contribution in [0.25, 0.3) is 0 Å². The van der Waals surface area contributed by atoms with Crippen LogP contribution in [0.15, 0.2) is 18.2 Å². The van der Waals surface area contributed by atoms with Crippen LogP contribution in [0, 0.1) is 9.49 Å². The Morgan fingerprint density at radius 1 is 1.50 bits per heavy atom. The van der Waals surface area contributed by atoms with Crippen molar-refractivity contribution in [2.45, 2.75) is 12.8 Å². The molecule has 0 unspecified atom stereocenters. The Balaban J connectivity index is 2.11. The average molecular weight is 322 g/mol. The van der Waals surface area contributed by atoms with Gasteiger partial charge >= 0.3 is 0 Å². The van der Waals surface area contributed by atoms with Gasteiger partial charge in [0.15, 0.2) is 0 Å². The van der Waals surface area contributed by atoms with Crippen molar-refractivity contribution in [3.8, 4) is 0 Å². The molecule has 1 aromatic rings. The second-order valence-electron chi connectivity index (χ2n) is 3.39. The molecular formula is C10H9ClINO. The summed E-state index contributed by atoms with van der Waals surface area (Å²) in [7, 11) is 0. The van der Waals surface area contributed by atoms with Crippen LogP contribution in [-0.4, -0.2) is 5.91 Å². The maximum atomic E-state index is 11.5. The summed E-state index contributed by atoms with van der Waals surface area (Å²) in [6.45, 7) is 0. The lowest BCUT2D eigenvalue weighted by Crippen LogP contribution is -2.14. The number of carbonyl (C=O) groups excluding carboxylic acids is 1. The van der Waals surface area contributed by atoms with Gasteiger partial charge in [0.05, 0.1) is 5.69 Å². The van der Waals surface area contributed by atoms with Crippen molar-refractivity contribution >= 4 is 45.8 Å². The summed E-state index contributed by atoms with van der Waals surface area (Å²) in [5, 5.41) is 3.59. The van der Waals surface area contributed by atoms with E-state index in [1.807, 2.05) is 12.1 Å². The molecule has 0 radical (unpaired) electrons. The minimum absolute atomic E-state index is 0.130. The number of amides is 1. The number of halogens is 2. The van der Waals surface area contributed by atoms with E-state index >= 15 is 0 Å². The Labute approximate surface area is 101 Å². The van der Waals surface area contributed by atoms with Gasteiger partial charge in [-0.15, -0.1) is 0 Å². The fourth-order valence-electron chi connectivity index (χ4n) is 1.17. The molecule has 1 saturated carbocycles. The predicted molar refractivity (Wildman–Crippen MR) is 65.5 cm³/mol. The maximum absolute atomic E-state index is 11.5. The first-order chi connectivity index (χ1) is 6.66.